The molecule has 0 aliphatic carbocycles. The van der Waals surface area contributed by atoms with Gasteiger partial charge in [-0.15, -0.1) is 5.92 Å². The molecule has 1 aromatic carbocycles. The number of benzene rings is 1. The summed E-state index contributed by atoms with van der Waals surface area (Å²) in [7, 11) is 0. The van der Waals surface area contributed by atoms with Crippen LogP contribution in [0.1, 0.15) is 26.2 Å². The van der Waals surface area contributed by atoms with Crippen molar-refractivity contribution in [2.75, 3.05) is 11.9 Å². The topological polar surface area (TPSA) is 57.5 Å². The number of fused-ring (bicyclic) bond motifs is 1. The Morgan fingerprint density at radius 2 is 2.14 bits per heavy atom. The summed E-state index contributed by atoms with van der Waals surface area (Å²) < 4.78 is 1.83. The van der Waals surface area contributed by atoms with Crippen molar-refractivity contribution in [1.82, 2.24) is 20.0 Å². The highest BCUT2D eigenvalue weighted by Crippen LogP contribution is 2.24. The number of nitrogens with one attached hydrogen (secondary N) is 2. The number of rotatable bonds is 4. The van der Waals surface area contributed by atoms with Gasteiger partial charge in [-0.2, -0.15) is 5.10 Å². The molecule has 2 aromatic rings. The number of nitrogens with zero attached hydrogens (tertiary/aromatic N) is 4. The fraction of sp³-hybridized carbons (Fsp3) is 0.273. The molecule has 2 aliphatic heterocycles. The zero-order valence-electron chi connectivity index (χ0n) is 16.0. The minimum atomic E-state index is -0.00646. The third-order valence-corrected chi connectivity index (χ3v) is 4.60. The number of anilines is 1. The number of guanidine groups is 1. The summed E-state index contributed by atoms with van der Waals surface area (Å²) in [5.41, 5.74) is 3.24. The molecule has 6 nitrogen and oxygen atoms in total. The second-order valence-electron chi connectivity index (χ2n) is 6.70. The van der Waals surface area contributed by atoms with Gasteiger partial charge in [-0.3, -0.25) is 0 Å². The molecular weight excluding hydrogens is 348 g/mol. The molecule has 6 heteroatoms. The lowest BCUT2D eigenvalue weighted by Crippen LogP contribution is -2.41. The maximum atomic E-state index is 4.87. The minimum absolute atomic E-state index is 0.00646. The minimum Gasteiger partial charge on any atom is -0.342 e. The van der Waals surface area contributed by atoms with Crippen molar-refractivity contribution in [1.29, 1.82) is 0 Å². The molecule has 0 fully saturated rings. The van der Waals surface area contributed by atoms with E-state index < -0.39 is 0 Å². The first kappa shape index (κ1) is 17.9. The van der Waals surface area contributed by atoms with Crippen LogP contribution in [0.4, 0.5) is 5.69 Å². The van der Waals surface area contributed by atoms with E-state index in [1.54, 1.807) is 6.20 Å². The van der Waals surface area contributed by atoms with Crippen molar-refractivity contribution in [3.05, 3.63) is 66.8 Å². The van der Waals surface area contributed by atoms with Crippen molar-refractivity contribution >= 4 is 11.6 Å². The molecule has 142 valence electrons. The fourth-order valence-corrected chi connectivity index (χ4v) is 3.16. The number of unbranched alkanes of at least 4 members (excludes halogenated alkanes) is 1. The van der Waals surface area contributed by atoms with E-state index in [1.165, 1.54) is 5.57 Å². The lowest BCUT2D eigenvalue weighted by molar-refractivity contribution is 0.332. The first-order valence-corrected chi connectivity index (χ1v) is 9.62. The molecular formula is C22H24N6. The normalized spacial score (nSPS) is 17.6. The van der Waals surface area contributed by atoms with Crippen LogP contribution in [-0.4, -0.2) is 33.4 Å². The number of allylic oxidation sites excluding steroid dienone is 1. The number of hydrogen-bond donors (Lipinski definition) is 2. The summed E-state index contributed by atoms with van der Waals surface area (Å²) in [5.74, 6) is 7.20. The quantitative estimate of drug-likeness (QED) is 0.807. The molecule has 0 radical (unpaired) electrons. The lowest BCUT2D eigenvalue weighted by Gasteiger charge is -2.34. The second-order valence-corrected chi connectivity index (χ2v) is 6.70. The van der Waals surface area contributed by atoms with Gasteiger partial charge in [0.05, 0.1) is 12.2 Å². The molecule has 2 aliphatic rings. The van der Waals surface area contributed by atoms with Crippen molar-refractivity contribution < 1.29 is 0 Å². The van der Waals surface area contributed by atoms with Gasteiger partial charge in [0.15, 0.2) is 0 Å². The van der Waals surface area contributed by atoms with Gasteiger partial charge in [0.2, 0.25) is 5.96 Å². The summed E-state index contributed by atoms with van der Waals surface area (Å²) in [6.07, 6.45) is 12.9. The van der Waals surface area contributed by atoms with Crippen LogP contribution in [0.3, 0.4) is 0 Å². The van der Waals surface area contributed by atoms with Gasteiger partial charge in [0.1, 0.15) is 6.17 Å². The molecule has 2 N–H and O–H groups in total. The average molecular weight is 372 g/mol. The fourth-order valence-electron chi connectivity index (χ4n) is 3.16. The van der Waals surface area contributed by atoms with E-state index in [0.717, 1.165) is 36.6 Å². The van der Waals surface area contributed by atoms with Crippen LogP contribution in [0, 0.1) is 11.8 Å². The Balaban J connectivity index is 1.45. The molecule has 0 bridgehead atoms. The SMILES string of the molecule is CCCC#CCN1C=CCC2=CNC(Nc3ccc(-n4cccn4)cc3)=NC21. The van der Waals surface area contributed by atoms with Gasteiger partial charge in [-0.1, -0.05) is 18.9 Å². The van der Waals surface area contributed by atoms with Gasteiger partial charge < -0.3 is 15.5 Å². The highest BCUT2D eigenvalue weighted by molar-refractivity contribution is 5.95. The van der Waals surface area contributed by atoms with Crippen LogP contribution in [-0.2, 0) is 0 Å². The largest absolute Gasteiger partial charge is 0.342 e. The Kier molecular flexibility index (Phi) is 5.43. The van der Waals surface area contributed by atoms with E-state index in [2.05, 4.69) is 51.7 Å². The van der Waals surface area contributed by atoms with E-state index in [4.69, 9.17) is 4.99 Å². The predicted molar refractivity (Wildman–Crippen MR) is 113 cm³/mol. The first-order valence-electron chi connectivity index (χ1n) is 9.62. The van der Waals surface area contributed by atoms with Crippen molar-refractivity contribution in [2.24, 2.45) is 4.99 Å². The molecule has 1 aromatic heterocycles. The molecule has 0 amide bonds. The smallest absolute Gasteiger partial charge is 0.202 e. The van der Waals surface area contributed by atoms with Crippen LogP contribution >= 0.6 is 0 Å². The monoisotopic (exact) mass is 372 g/mol. The standard InChI is InChI=1S/C22H24N6/c1-2-3-4-5-14-27-15-6-8-18-17-23-22(26-21(18)27)25-19-9-11-20(12-10-19)28-16-7-13-24-28/h6-7,9-13,15-17,21H,2-3,8,14H2,1H3,(H2,23,25,26). The van der Waals surface area contributed by atoms with Crippen molar-refractivity contribution in [2.45, 2.75) is 32.4 Å². The third kappa shape index (κ3) is 4.09. The summed E-state index contributed by atoms with van der Waals surface area (Å²) >= 11 is 0. The molecule has 0 spiro atoms. The zero-order chi connectivity index (χ0) is 19.2. The molecule has 3 heterocycles. The molecule has 0 saturated heterocycles. The van der Waals surface area contributed by atoms with Crippen LogP contribution < -0.4 is 10.6 Å². The van der Waals surface area contributed by atoms with Crippen LogP contribution in [0.2, 0.25) is 0 Å². The zero-order valence-corrected chi connectivity index (χ0v) is 16.0. The Morgan fingerprint density at radius 3 is 2.93 bits per heavy atom. The Morgan fingerprint density at radius 1 is 1.25 bits per heavy atom. The first-order chi connectivity index (χ1) is 13.8. The van der Waals surface area contributed by atoms with E-state index in [-0.39, 0.29) is 6.17 Å². The van der Waals surface area contributed by atoms with Crippen molar-refractivity contribution in [3.63, 3.8) is 0 Å². The summed E-state index contributed by atoms with van der Waals surface area (Å²) in [6.45, 7) is 2.83. The summed E-state index contributed by atoms with van der Waals surface area (Å²) in [4.78, 5) is 7.05. The maximum Gasteiger partial charge on any atom is 0.202 e. The third-order valence-electron chi connectivity index (χ3n) is 4.60. The Bertz CT molecular complexity index is 941. The average Bonchev–Trinajstić information content (AvgIpc) is 3.27. The molecule has 1 atom stereocenters. The van der Waals surface area contributed by atoms with Gasteiger partial charge in [-0.05, 0) is 54.9 Å². The van der Waals surface area contributed by atoms with E-state index in [0.29, 0.717) is 6.54 Å². The predicted octanol–water partition coefficient (Wildman–Crippen LogP) is 3.48. The molecule has 28 heavy (non-hydrogen) atoms. The highest BCUT2D eigenvalue weighted by atomic mass is 15.3. The van der Waals surface area contributed by atoms with Crippen LogP contribution in [0.25, 0.3) is 5.69 Å². The van der Waals surface area contributed by atoms with Gasteiger partial charge >= 0.3 is 0 Å². The molecule has 0 saturated carbocycles. The summed E-state index contributed by atoms with van der Waals surface area (Å²) in [5, 5.41) is 10.9. The number of aromatic nitrogens is 2. The lowest BCUT2D eigenvalue weighted by atomic mass is 10.1. The van der Waals surface area contributed by atoms with Gasteiger partial charge in [0, 0.05) is 30.7 Å². The second kappa shape index (κ2) is 8.49. The van der Waals surface area contributed by atoms with Gasteiger partial charge in [-0.25, -0.2) is 9.67 Å². The molecule has 4 rings (SSSR count). The van der Waals surface area contributed by atoms with Gasteiger partial charge in [0.25, 0.3) is 0 Å². The number of aliphatic imine (C=N–C) groups is 1. The summed E-state index contributed by atoms with van der Waals surface area (Å²) in [6, 6.07) is 10.0. The van der Waals surface area contributed by atoms with E-state index in [1.807, 2.05) is 47.4 Å². The van der Waals surface area contributed by atoms with E-state index in [9.17, 15) is 0 Å². The number of hydrogen-bond acceptors (Lipinski definition) is 5. The van der Waals surface area contributed by atoms with E-state index >= 15 is 0 Å². The Hall–Kier alpha value is -3.46. The molecule has 1 unspecified atom stereocenters. The maximum absolute atomic E-state index is 4.87. The van der Waals surface area contributed by atoms with Crippen LogP contribution in [0.15, 0.2) is 71.8 Å². The Labute approximate surface area is 165 Å². The van der Waals surface area contributed by atoms with Crippen molar-refractivity contribution in [3.8, 4) is 17.5 Å². The van der Waals surface area contributed by atoms with Crippen LogP contribution in [0.5, 0.6) is 0 Å². The highest BCUT2D eigenvalue weighted by Gasteiger charge is 2.25.